The Bertz CT molecular complexity index is 623. The standard InChI is InChI=1S/C18H24N4O/c1-2-4-14(5-3-1)18-15(11-20-21-18)10-19-12-17-13-22(8-9-23-17)16-6-7-16/h1-5,11,16-17,19H,6-10,12-13H2,(H,20,21)/t17-/m0/s1. The predicted molar refractivity (Wildman–Crippen MR) is 90.1 cm³/mol. The van der Waals surface area contributed by atoms with E-state index in [0.29, 0.717) is 6.10 Å². The fourth-order valence-corrected chi connectivity index (χ4v) is 3.30. The van der Waals surface area contributed by atoms with E-state index in [1.807, 2.05) is 12.3 Å². The number of benzene rings is 1. The lowest BCUT2D eigenvalue weighted by atomic mass is 10.1. The number of H-pyrrole nitrogens is 1. The smallest absolute Gasteiger partial charge is 0.0826 e. The van der Waals surface area contributed by atoms with Crippen LogP contribution in [-0.4, -0.2) is 53.5 Å². The quantitative estimate of drug-likeness (QED) is 0.857. The minimum atomic E-state index is 0.302. The van der Waals surface area contributed by atoms with E-state index in [1.165, 1.54) is 24.0 Å². The van der Waals surface area contributed by atoms with Gasteiger partial charge in [-0.3, -0.25) is 10.00 Å². The van der Waals surface area contributed by atoms with Gasteiger partial charge in [-0.05, 0) is 18.4 Å². The van der Waals surface area contributed by atoms with E-state index >= 15 is 0 Å². The van der Waals surface area contributed by atoms with E-state index in [4.69, 9.17) is 4.74 Å². The highest BCUT2D eigenvalue weighted by Gasteiger charge is 2.32. The largest absolute Gasteiger partial charge is 0.374 e. The molecule has 2 aromatic rings. The number of morpholine rings is 1. The average molecular weight is 312 g/mol. The molecule has 2 fully saturated rings. The van der Waals surface area contributed by atoms with Gasteiger partial charge >= 0.3 is 0 Å². The molecule has 1 aromatic carbocycles. The molecule has 1 aliphatic carbocycles. The number of hydrogen-bond acceptors (Lipinski definition) is 4. The third kappa shape index (κ3) is 3.63. The van der Waals surface area contributed by atoms with Crippen LogP contribution in [-0.2, 0) is 11.3 Å². The molecule has 1 saturated heterocycles. The second kappa shape index (κ2) is 6.83. The van der Waals surface area contributed by atoms with Crippen molar-refractivity contribution in [3.63, 3.8) is 0 Å². The first kappa shape index (κ1) is 14.9. The van der Waals surface area contributed by atoms with Crippen LogP contribution in [0.1, 0.15) is 18.4 Å². The molecule has 2 N–H and O–H groups in total. The van der Waals surface area contributed by atoms with Crippen LogP contribution < -0.4 is 5.32 Å². The summed E-state index contributed by atoms with van der Waals surface area (Å²) in [7, 11) is 0. The Balaban J connectivity index is 1.31. The lowest BCUT2D eigenvalue weighted by molar-refractivity contribution is -0.0301. The van der Waals surface area contributed by atoms with Gasteiger partial charge in [-0.25, -0.2) is 0 Å². The summed E-state index contributed by atoms with van der Waals surface area (Å²) in [6, 6.07) is 11.2. The zero-order valence-electron chi connectivity index (χ0n) is 13.4. The molecule has 0 radical (unpaired) electrons. The lowest BCUT2D eigenvalue weighted by Crippen LogP contribution is -2.47. The molecule has 2 aliphatic rings. The fraction of sp³-hybridized carbons (Fsp3) is 0.500. The second-order valence-electron chi connectivity index (χ2n) is 6.49. The summed E-state index contributed by atoms with van der Waals surface area (Å²) in [5.41, 5.74) is 3.48. The topological polar surface area (TPSA) is 53.2 Å². The Morgan fingerprint density at radius 2 is 2.13 bits per heavy atom. The monoisotopic (exact) mass is 312 g/mol. The first-order valence-electron chi connectivity index (χ1n) is 8.54. The number of hydrogen-bond donors (Lipinski definition) is 2. The molecule has 0 amide bonds. The van der Waals surface area contributed by atoms with E-state index in [9.17, 15) is 0 Å². The molecule has 1 aromatic heterocycles. The second-order valence-corrected chi connectivity index (χ2v) is 6.49. The maximum absolute atomic E-state index is 5.89. The van der Waals surface area contributed by atoms with Crippen molar-refractivity contribution in [3.05, 3.63) is 42.1 Å². The predicted octanol–water partition coefficient (Wildman–Crippen LogP) is 2.03. The van der Waals surface area contributed by atoms with Crippen molar-refractivity contribution in [2.24, 2.45) is 0 Å². The Morgan fingerprint density at radius 1 is 1.26 bits per heavy atom. The number of aromatic nitrogens is 2. The van der Waals surface area contributed by atoms with Crippen LogP contribution >= 0.6 is 0 Å². The molecule has 0 unspecified atom stereocenters. The van der Waals surface area contributed by atoms with E-state index < -0.39 is 0 Å². The lowest BCUT2D eigenvalue weighted by Gasteiger charge is -2.33. The zero-order chi connectivity index (χ0) is 15.5. The molecule has 2 heterocycles. The van der Waals surface area contributed by atoms with Gasteiger partial charge < -0.3 is 10.1 Å². The number of aromatic amines is 1. The van der Waals surface area contributed by atoms with E-state index in [1.54, 1.807) is 0 Å². The summed E-state index contributed by atoms with van der Waals surface area (Å²) in [6.07, 6.45) is 4.95. The molecule has 1 atom stereocenters. The fourth-order valence-electron chi connectivity index (χ4n) is 3.30. The van der Waals surface area contributed by atoms with Gasteiger partial charge in [0.15, 0.2) is 0 Å². The Hall–Kier alpha value is -1.69. The van der Waals surface area contributed by atoms with Crippen LogP contribution in [0.2, 0.25) is 0 Å². The van der Waals surface area contributed by atoms with Crippen LogP contribution in [0.25, 0.3) is 11.3 Å². The van der Waals surface area contributed by atoms with Crippen molar-refractivity contribution in [1.29, 1.82) is 0 Å². The average Bonchev–Trinajstić information content (AvgIpc) is 3.35. The first-order valence-corrected chi connectivity index (χ1v) is 8.54. The molecular formula is C18H24N4O. The molecule has 0 spiro atoms. The highest BCUT2D eigenvalue weighted by atomic mass is 16.5. The van der Waals surface area contributed by atoms with Crippen molar-refractivity contribution >= 4 is 0 Å². The van der Waals surface area contributed by atoms with Gasteiger partial charge in [0, 0.05) is 37.8 Å². The Labute approximate surface area is 137 Å². The summed E-state index contributed by atoms with van der Waals surface area (Å²) in [5, 5.41) is 10.9. The molecule has 5 nitrogen and oxygen atoms in total. The minimum absolute atomic E-state index is 0.302. The Morgan fingerprint density at radius 3 is 2.96 bits per heavy atom. The van der Waals surface area contributed by atoms with Gasteiger partial charge in [0.2, 0.25) is 0 Å². The minimum Gasteiger partial charge on any atom is -0.374 e. The van der Waals surface area contributed by atoms with Gasteiger partial charge in [0.25, 0.3) is 0 Å². The third-order valence-corrected chi connectivity index (χ3v) is 4.70. The molecular weight excluding hydrogens is 288 g/mol. The molecule has 1 saturated carbocycles. The van der Waals surface area contributed by atoms with Crippen molar-refractivity contribution < 1.29 is 4.74 Å². The Kier molecular flexibility index (Phi) is 4.41. The molecule has 5 heteroatoms. The maximum Gasteiger partial charge on any atom is 0.0826 e. The van der Waals surface area contributed by atoms with Crippen LogP contribution in [0.15, 0.2) is 36.5 Å². The number of rotatable bonds is 6. The summed E-state index contributed by atoms with van der Waals surface area (Å²) < 4.78 is 5.89. The van der Waals surface area contributed by atoms with Gasteiger partial charge in [0.05, 0.1) is 24.6 Å². The number of nitrogens with one attached hydrogen (secondary N) is 2. The van der Waals surface area contributed by atoms with Gasteiger partial charge in [0.1, 0.15) is 0 Å². The van der Waals surface area contributed by atoms with Crippen LogP contribution in [0.3, 0.4) is 0 Å². The summed E-state index contributed by atoms with van der Waals surface area (Å²) in [5.74, 6) is 0. The van der Waals surface area contributed by atoms with Crippen molar-refractivity contribution in [2.75, 3.05) is 26.2 Å². The molecule has 23 heavy (non-hydrogen) atoms. The van der Waals surface area contributed by atoms with Gasteiger partial charge in [-0.2, -0.15) is 5.10 Å². The van der Waals surface area contributed by atoms with Crippen molar-refractivity contribution in [2.45, 2.75) is 31.5 Å². The SMILES string of the molecule is c1ccc(-c2[nH]ncc2CNC[C@H]2CN(C3CC3)CCO2)cc1. The number of nitrogens with zero attached hydrogens (tertiary/aromatic N) is 2. The summed E-state index contributed by atoms with van der Waals surface area (Å²) in [4.78, 5) is 2.59. The van der Waals surface area contributed by atoms with E-state index in [2.05, 4.69) is 44.7 Å². The highest BCUT2D eigenvalue weighted by Crippen LogP contribution is 2.28. The number of ether oxygens (including phenoxy) is 1. The van der Waals surface area contributed by atoms with Crippen LogP contribution in [0, 0.1) is 0 Å². The molecule has 4 rings (SSSR count). The van der Waals surface area contributed by atoms with Crippen molar-refractivity contribution in [3.8, 4) is 11.3 Å². The van der Waals surface area contributed by atoms with E-state index in [-0.39, 0.29) is 0 Å². The normalized spacial score (nSPS) is 22.3. The molecule has 0 bridgehead atoms. The van der Waals surface area contributed by atoms with Gasteiger partial charge in [-0.1, -0.05) is 30.3 Å². The van der Waals surface area contributed by atoms with Crippen LogP contribution in [0.4, 0.5) is 0 Å². The van der Waals surface area contributed by atoms with Crippen molar-refractivity contribution in [1.82, 2.24) is 20.4 Å². The van der Waals surface area contributed by atoms with Gasteiger partial charge in [-0.15, -0.1) is 0 Å². The first-order chi connectivity index (χ1) is 11.4. The third-order valence-electron chi connectivity index (χ3n) is 4.70. The molecule has 122 valence electrons. The zero-order valence-corrected chi connectivity index (χ0v) is 13.4. The van der Waals surface area contributed by atoms with E-state index in [0.717, 1.165) is 44.5 Å². The highest BCUT2D eigenvalue weighted by molar-refractivity contribution is 5.62. The molecule has 1 aliphatic heterocycles. The maximum atomic E-state index is 5.89. The summed E-state index contributed by atoms with van der Waals surface area (Å²) >= 11 is 0. The summed E-state index contributed by atoms with van der Waals surface area (Å²) in [6.45, 7) is 4.73. The van der Waals surface area contributed by atoms with Crippen LogP contribution in [0.5, 0.6) is 0 Å².